The highest BCUT2D eigenvalue weighted by atomic mass is 16.4. The van der Waals surface area contributed by atoms with Gasteiger partial charge in [0, 0.05) is 6.42 Å². The van der Waals surface area contributed by atoms with Crippen LogP contribution in [0.3, 0.4) is 0 Å². The second-order valence-electron chi connectivity index (χ2n) is 6.95. The molecule has 0 radical (unpaired) electrons. The van der Waals surface area contributed by atoms with E-state index in [1.54, 1.807) is 0 Å². The van der Waals surface area contributed by atoms with Gasteiger partial charge in [-0.15, -0.1) is 0 Å². The molecule has 1 saturated carbocycles. The molecule has 1 N–H and O–H groups in total. The van der Waals surface area contributed by atoms with Crippen LogP contribution in [0.1, 0.15) is 66.2 Å². The summed E-state index contributed by atoms with van der Waals surface area (Å²) in [5.41, 5.74) is 0.260. The van der Waals surface area contributed by atoms with E-state index in [1.165, 1.54) is 25.7 Å². The summed E-state index contributed by atoms with van der Waals surface area (Å²) in [7, 11) is 0. The molecule has 3 unspecified atom stereocenters. The molecule has 0 aliphatic heterocycles. The molecule has 1 fully saturated rings. The summed E-state index contributed by atoms with van der Waals surface area (Å²) in [5, 5.41) is 8.84. The van der Waals surface area contributed by atoms with Crippen LogP contribution in [-0.4, -0.2) is 11.1 Å². The van der Waals surface area contributed by atoms with Crippen molar-refractivity contribution in [1.82, 2.24) is 0 Å². The normalized spacial score (nSPS) is 33.9. The molecule has 17 heavy (non-hydrogen) atoms. The Morgan fingerprint density at radius 2 is 2.06 bits per heavy atom. The minimum atomic E-state index is -0.648. The molecule has 3 atom stereocenters. The van der Waals surface area contributed by atoms with E-state index in [1.807, 2.05) is 0 Å². The molecule has 1 aliphatic rings. The molecular weight excluding hydrogens is 212 g/mol. The molecule has 0 amide bonds. The minimum absolute atomic E-state index is 0.260. The Kier molecular flexibility index (Phi) is 5.03. The van der Waals surface area contributed by atoms with Crippen LogP contribution >= 0.6 is 0 Å². The molecule has 0 bridgehead atoms. The van der Waals surface area contributed by atoms with E-state index in [4.69, 9.17) is 5.11 Å². The van der Waals surface area contributed by atoms with Gasteiger partial charge in [-0.1, -0.05) is 27.7 Å². The fourth-order valence-corrected chi connectivity index (χ4v) is 3.82. The Bertz CT molecular complexity index is 258. The van der Waals surface area contributed by atoms with Crippen LogP contribution in [0.25, 0.3) is 0 Å². The van der Waals surface area contributed by atoms with Gasteiger partial charge in [-0.25, -0.2) is 0 Å². The van der Waals surface area contributed by atoms with Crippen molar-refractivity contribution >= 4 is 5.97 Å². The van der Waals surface area contributed by atoms with Gasteiger partial charge in [0.05, 0.1) is 0 Å². The molecule has 1 aliphatic carbocycles. The Labute approximate surface area is 106 Å². The number of hydrogen-bond acceptors (Lipinski definition) is 1. The lowest BCUT2D eigenvalue weighted by Gasteiger charge is -2.42. The highest BCUT2D eigenvalue weighted by molar-refractivity contribution is 5.66. The predicted molar refractivity (Wildman–Crippen MR) is 70.9 cm³/mol. The number of rotatable bonds is 5. The average molecular weight is 240 g/mol. The second-order valence-corrected chi connectivity index (χ2v) is 6.95. The Morgan fingerprint density at radius 1 is 1.41 bits per heavy atom. The highest BCUT2D eigenvalue weighted by Gasteiger charge is 2.35. The van der Waals surface area contributed by atoms with Gasteiger partial charge in [0.1, 0.15) is 0 Å². The van der Waals surface area contributed by atoms with Gasteiger partial charge in [-0.3, -0.25) is 4.79 Å². The van der Waals surface area contributed by atoms with Gasteiger partial charge in [-0.2, -0.15) is 0 Å². The standard InChI is InChI=1S/C15H28O2/c1-11(2)7-13-8-12(3)9-15(4,10-13)6-5-14(16)17/h11-13H,5-10H2,1-4H3,(H,16,17). The van der Waals surface area contributed by atoms with Gasteiger partial charge in [0.15, 0.2) is 0 Å². The topological polar surface area (TPSA) is 37.3 Å². The largest absolute Gasteiger partial charge is 0.481 e. The van der Waals surface area contributed by atoms with Crippen molar-refractivity contribution in [2.24, 2.45) is 23.2 Å². The molecule has 2 heteroatoms. The SMILES string of the molecule is CC(C)CC1CC(C)CC(C)(CCC(=O)O)C1. The van der Waals surface area contributed by atoms with E-state index in [0.29, 0.717) is 6.42 Å². The van der Waals surface area contributed by atoms with Crippen LogP contribution in [0.15, 0.2) is 0 Å². The van der Waals surface area contributed by atoms with Crippen molar-refractivity contribution in [2.45, 2.75) is 66.2 Å². The van der Waals surface area contributed by atoms with Crippen LogP contribution in [0.2, 0.25) is 0 Å². The monoisotopic (exact) mass is 240 g/mol. The molecular formula is C15H28O2. The van der Waals surface area contributed by atoms with Crippen LogP contribution in [-0.2, 0) is 4.79 Å². The molecule has 0 heterocycles. The summed E-state index contributed by atoms with van der Waals surface area (Å²) in [5.74, 6) is 1.67. The number of carboxylic acids is 1. The van der Waals surface area contributed by atoms with Crippen molar-refractivity contribution in [3.63, 3.8) is 0 Å². The predicted octanol–water partition coefficient (Wildman–Crippen LogP) is 4.34. The third kappa shape index (κ3) is 5.10. The highest BCUT2D eigenvalue weighted by Crippen LogP contribution is 2.46. The Morgan fingerprint density at radius 3 is 2.59 bits per heavy atom. The van der Waals surface area contributed by atoms with Gasteiger partial charge < -0.3 is 5.11 Å². The summed E-state index contributed by atoms with van der Waals surface area (Å²) in [6, 6.07) is 0. The lowest BCUT2D eigenvalue weighted by Crippen LogP contribution is -2.31. The maximum atomic E-state index is 10.7. The summed E-state index contributed by atoms with van der Waals surface area (Å²) in [6.45, 7) is 9.19. The van der Waals surface area contributed by atoms with E-state index < -0.39 is 5.97 Å². The smallest absolute Gasteiger partial charge is 0.303 e. The van der Waals surface area contributed by atoms with Gasteiger partial charge in [0.2, 0.25) is 0 Å². The Balaban J connectivity index is 2.56. The van der Waals surface area contributed by atoms with E-state index in [2.05, 4.69) is 27.7 Å². The fraction of sp³-hybridized carbons (Fsp3) is 0.933. The van der Waals surface area contributed by atoms with Crippen LogP contribution in [0, 0.1) is 23.2 Å². The third-order valence-corrected chi connectivity index (χ3v) is 4.11. The molecule has 0 aromatic carbocycles. The second kappa shape index (κ2) is 5.88. The molecule has 0 aromatic heterocycles. The van der Waals surface area contributed by atoms with E-state index in [0.717, 1.165) is 24.2 Å². The third-order valence-electron chi connectivity index (χ3n) is 4.11. The summed E-state index contributed by atoms with van der Waals surface area (Å²) >= 11 is 0. The maximum absolute atomic E-state index is 10.7. The number of carboxylic acid groups (broad SMARTS) is 1. The molecule has 0 aromatic rings. The van der Waals surface area contributed by atoms with Crippen LogP contribution in [0.4, 0.5) is 0 Å². The summed E-state index contributed by atoms with van der Waals surface area (Å²) in [4.78, 5) is 10.7. The molecule has 2 nitrogen and oxygen atoms in total. The molecule has 0 saturated heterocycles. The van der Waals surface area contributed by atoms with Crippen LogP contribution < -0.4 is 0 Å². The lowest BCUT2D eigenvalue weighted by molar-refractivity contribution is -0.138. The first-order valence-corrected chi connectivity index (χ1v) is 7.02. The zero-order chi connectivity index (χ0) is 13.1. The maximum Gasteiger partial charge on any atom is 0.303 e. The van der Waals surface area contributed by atoms with Gasteiger partial charge in [0.25, 0.3) is 0 Å². The van der Waals surface area contributed by atoms with Crippen LogP contribution in [0.5, 0.6) is 0 Å². The number of aliphatic carboxylic acids is 1. The minimum Gasteiger partial charge on any atom is -0.481 e. The quantitative estimate of drug-likeness (QED) is 0.776. The molecule has 100 valence electrons. The first-order chi connectivity index (χ1) is 7.81. The average Bonchev–Trinajstić information content (AvgIpc) is 2.12. The van der Waals surface area contributed by atoms with E-state index >= 15 is 0 Å². The first kappa shape index (κ1) is 14.5. The fourth-order valence-electron chi connectivity index (χ4n) is 3.82. The van der Waals surface area contributed by atoms with Crippen molar-refractivity contribution in [1.29, 1.82) is 0 Å². The van der Waals surface area contributed by atoms with E-state index in [9.17, 15) is 4.79 Å². The van der Waals surface area contributed by atoms with Gasteiger partial charge >= 0.3 is 5.97 Å². The molecule has 0 spiro atoms. The number of carbonyl (C=O) groups is 1. The van der Waals surface area contributed by atoms with Crippen molar-refractivity contribution in [3.05, 3.63) is 0 Å². The number of hydrogen-bond donors (Lipinski definition) is 1. The summed E-state index contributed by atoms with van der Waals surface area (Å²) in [6.07, 6.45) is 6.24. The zero-order valence-electron chi connectivity index (χ0n) is 11.8. The lowest BCUT2D eigenvalue weighted by atomic mass is 9.63. The van der Waals surface area contributed by atoms with Gasteiger partial charge in [-0.05, 0) is 55.3 Å². The van der Waals surface area contributed by atoms with Crippen molar-refractivity contribution < 1.29 is 9.90 Å². The van der Waals surface area contributed by atoms with E-state index in [-0.39, 0.29) is 5.41 Å². The summed E-state index contributed by atoms with van der Waals surface area (Å²) < 4.78 is 0. The first-order valence-electron chi connectivity index (χ1n) is 7.02. The van der Waals surface area contributed by atoms with Crippen molar-refractivity contribution in [3.8, 4) is 0 Å². The molecule has 1 rings (SSSR count). The Hall–Kier alpha value is -0.530. The van der Waals surface area contributed by atoms with Crippen molar-refractivity contribution in [2.75, 3.05) is 0 Å². The zero-order valence-corrected chi connectivity index (χ0v) is 11.8.